The molecule has 0 spiro atoms. The lowest BCUT2D eigenvalue weighted by Crippen LogP contribution is -2.23. The number of likely N-dealkylation sites (N-methyl/N-ethyl adjacent to an activating group) is 1. The molecule has 2 aromatic rings. The SMILES string of the molecule is CC(CN(C)Cc1ccc(C(=O)O)cc1)c1ccccc1. The van der Waals surface area contributed by atoms with Gasteiger partial charge in [0.2, 0.25) is 0 Å². The molecular weight excluding hydrogens is 262 g/mol. The Hall–Kier alpha value is -2.13. The summed E-state index contributed by atoms with van der Waals surface area (Å²) in [4.78, 5) is 13.1. The maximum Gasteiger partial charge on any atom is 0.335 e. The van der Waals surface area contributed by atoms with E-state index in [-0.39, 0.29) is 0 Å². The predicted molar refractivity (Wildman–Crippen MR) is 84.6 cm³/mol. The van der Waals surface area contributed by atoms with Crippen LogP contribution in [0, 0.1) is 0 Å². The fourth-order valence-electron chi connectivity index (χ4n) is 2.48. The summed E-state index contributed by atoms with van der Waals surface area (Å²) in [6.45, 7) is 4.00. The van der Waals surface area contributed by atoms with Gasteiger partial charge in [0, 0.05) is 13.1 Å². The summed E-state index contributed by atoms with van der Waals surface area (Å²) >= 11 is 0. The Morgan fingerprint density at radius 3 is 2.29 bits per heavy atom. The van der Waals surface area contributed by atoms with Crippen LogP contribution in [0.4, 0.5) is 0 Å². The monoisotopic (exact) mass is 283 g/mol. The minimum atomic E-state index is -0.882. The fraction of sp³-hybridized carbons (Fsp3) is 0.278. The average molecular weight is 283 g/mol. The van der Waals surface area contributed by atoms with Crippen molar-refractivity contribution in [2.45, 2.75) is 19.4 Å². The third-order valence-electron chi connectivity index (χ3n) is 3.61. The van der Waals surface area contributed by atoms with Crippen molar-refractivity contribution in [3.63, 3.8) is 0 Å². The molecule has 0 saturated carbocycles. The van der Waals surface area contributed by atoms with Gasteiger partial charge in [0.05, 0.1) is 5.56 Å². The van der Waals surface area contributed by atoms with Crippen LogP contribution < -0.4 is 0 Å². The van der Waals surface area contributed by atoms with E-state index in [1.165, 1.54) is 5.56 Å². The summed E-state index contributed by atoms with van der Waals surface area (Å²) in [6.07, 6.45) is 0. The lowest BCUT2D eigenvalue weighted by molar-refractivity contribution is 0.0697. The summed E-state index contributed by atoms with van der Waals surface area (Å²) in [5.41, 5.74) is 2.80. The highest BCUT2D eigenvalue weighted by Gasteiger charge is 2.09. The number of aromatic carboxylic acids is 1. The van der Waals surface area contributed by atoms with E-state index in [4.69, 9.17) is 5.11 Å². The molecule has 1 unspecified atom stereocenters. The van der Waals surface area contributed by atoms with Crippen LogP contribution in [0.15, 0.2) is 54.6 Å². The van der Waals surface area contributed by atoms with Crippen molar-refractivity contribution >= 4 is 5.97 Å². The third-order valence-corrected chi connectivity index (χ3v) is 3.61. The molecule has 0 saturated heterocycles. The third kappa shape index (κ3) is 4.43. The molecule has 1 atom stereocenters. The van der Waals surface area contributed by atoms with E-state index < -0.39 is 5.97 Å². The van der Waals surface area contributed by atoms with Crippen molar-refractivity contribution in [3.8, 4) is 0 Å². The van der Waals surface area contributed by atoms with Gasteiger partial charge in [-0.05, 0) is 36.2 Å². The molecule has 2 rings (SSSR count). The minimum Gasteiger partial charge on any atom is -0.478 e. The second-order valence-electron chi connectivity index (χ2n) is 5.51. The van der Waals surface area contributed by atoms with Gasteiger partial charge in [0.25, 0.3) is 0 Å². The molecule has 0 fully saturated rings. The van der Waals surface area contributed by atoms with Crippen LogP contribution in [0.1, 0.15) is 34.3 Å². The quantitative estimate of drug-likeness (QED) is 0.880. The standard InChI is InChI=1S/C18H21NO2/c1-14(16-6-4-3-5-7-16)12-19(2)13-15-8-10-17(11-9-15)18(20)21/h3-11,14H,12-13H2,1-2H3,(H,20,21). The van der Waals surface area contributed by atoms with E-state index in [1.807, 2.05) is 18.2 Å². The van der Waals surface area contributed by atoms with E-state index in [2.05, 4.69) is 43.1 Å². The Bertz CT molecular complexity index is 578. The summed E-state index contributed by atoms with van der Waals surface area (Å²) in [6, 6.07) is 17.6. The first-order valence-corrected chi connectivity index (χ1v) is 7.12. The second-order valence-corrected chi connectivity index (χ2v) is 5.51. The summed E-state index contributed by atoms with van der Waals surface area (Å²) < 4.78 is 0. The van der Waals surface area contributed by atoms with Gasteiger partial charge in [0.15, 0.2) is 0 Å². The van der Waals surface area contributed by atoms with Crippen molar-refractivity contribution in [2.75, 3.05) is 13.6 Å². The van der Waals surface area contributed by atoms with Crippen LogP contribution in [0.2, 0.25) is 0 Å². The zero-order valence-corrected chi connectivity index (χ0v) is 12.5. The number of rotatable bonds is 6. The molecule has 0 aromatic heterocycles. The van der Waals surface area contributed by atoms with E-state index >= 15 is 0 Å². The number of hydrogen-bond donors (Lipinski definition) is 1. The Morgan fingerprint density at radius 1 is 1.10 bits per heavy atom. The number of benzene rings is 2. The van der Waals surface area contributed by atoms with Gasteiger partial charge in [-0.15, -0.1) is 0 Å². The molecule has 0 aliphatic rings. The van der Waals surface area contributed by atoms with Crippen molar-refractivity contribution < 1.29 is 9.90 Å². The van der Waals surface area contributed by atoms with Gasteiger partial charge in [0.1, 0.15) is 0 Å². The Labute approximate surface area is 125 Å². The van der Waals surface area contributed by atoms with Crippen LogP contribution in [0.5, 0.6) is 0 Å². The molecule has 3 heteroatoms. The van der Waals surface area contributed by atoms with Crippen LogP contribution in [-0.2, 0) is 6.54 Å². The first-order valence-electron chi connectivity index (χ1n) is 7.12. The lowest BCUT2D eigenvalue weighted by Gasteiger charge is -2.21. The van der Waals surface area contributed by atoms with Crippen LogP contribution in [0.3, 0.4) is 0 Å². The second kappa shape index (κ2) is 7.04. The molecular formula is C18H21NO2. The molecule has 110 valence electrons. The van der Waals surface area contributed by atoms with E-state index in [9.17, 15) is 4.79 Å². The maximum absolute atomic E-state index is 10.8. The summed E-state index contributed by atoms with van der Waals surface area (Å²) in [5, 5.41) is 8.89. The smallest absolute Gasteiger partial charge is 0.335 e. The zero-order valence-electron chi connectivity index (χ0n) is 12.5. The first-order chi connectivity index (χ1) is 10.1. The molecule has 21 heavy (non-hydrogen) atoms. The molecule has 0 amide bonds. The largest absolute Gasteiger partial charge is 0.478 e. The highest BCUT2D eigenvalue weighted by atomic mass is 16.4. The topological polar surface area (TPSA) is 40.5 Å². The van der Waals surface area contributed by atoms with Crippen molar-refractivity contribution in [1.29, 1.82) is 0 Å². The molecule has 0 bridgehead atoms. The van der Waals surface area contributed by atoms with E-state index in [1.54, 1.807) is 12.1 Å². The van der Waals surface area contributed by atoms with Gasteiger partial charge in [-0.1, -0.05) is 49.4 Å². The van der Waals surface area contributed by atoms with Crippen molar-refractivity contribution in [1.82, 2.24) is 4.90 Å². The van der Waals surface area contributed by atoms with E-state index in [0.717, 1.165) is 18.7 Å². The number of hydrogen-bond acceptors (Lipinski definition) is 2. The minimum absolute atomic E-state index is 0.332. The van der Waals surface area contributed by atoms with Gasteiger partial charge >= 0.3 is 5.97 Å². The normalized spacial score (nSPS) is 12.3. The zero-order chi connectivity index (χ0) is 15.2. The Balaban J connectivity index is 1.92. The molecule has 2 aromatic carbocycles. The van der Waals surface area contributed by atoms with Crippen LogP contribution >= 0.6 is 0 Å². The average Bonchev–Trinajstić information content (AvgIpc) is 2.48. The maximum atomic E-state index is 10.8. The molecule has 0 aliphatic carbocycles. The Kier molecular flexibility index (Phi) is 5.12. The van der Waals surface area contributed by atoms with Gasteiger partial charge < -0.3 is 10.0 Å². The Morgan fingerprint density at radius 2 is 1.71 bits per heavy atom. The summed E-state index contributed by atoms with van der Waals surface area (Å²) in [7, 11) is 2.09. The number of carbonyl (C=O) groups is 1. The number of carboxylic acids is 1. The van der Waals surface area contributed by atoms with Gasteiger partial charge in [-0.3, -0.25) is 0 Å². The molecule has 0 radical (unpaired) electrons. The first kappa shape index (κ1) is 15.3. The van der Waals surface area contributed by atoms with Gasteiger partial charge in [-0.2, -0.15) is 0 Å². The number of carboxylic acid groups (broad SMARTS) is 1. The molecule has 0 aliphatic heterocycles. The molecule has 3 nitrogen and oxygen atoms in total. The van der Waals surface area contributed by atoms with Crippen molar-refractivity contribution in [2.24, 2.45) is 0 Å². The van der Waals surface area contributed by atoms with Crippen LogP contribution in [-0.4, -0.2) is 29.6 Å². The van der Waals surface area contributed by atoms with Crippen LogP contribution in [0.25, 0.3) is 0 Å². The summed E-state index contributed by atoms with van der Waals surface area (Å²) in [5.74, 6) is -0.415. The van der Waals surface area contributed by atoms with E-state index in [0.29, 0.717) is 11.5 Å². The lowest BCUT2D eigenvalue weighted by atomic mass is 10.0. The fourth-order valence-corrected chi connectivity index (χ4v) is 2.48. The predicted octanol–water partition coefficient (Wildman–Crippen LogP) is 3.62. The highest BCUT2D eigenvalue weighted by molar-refractivity contribution is 5.87. The van der Waals surface area contributed by atoms with Gasteiger partial charge in [-0.25, -0.2) is 4.79 Å². The molecule has 1 N–H and O–H groups in total. The number of nitrogens with zero attached hydrogens (tertiary/aromatic N) is 1. The molecule has 0 heterocycles. The van der Waals surface area contributed by atoms with Crippen molar-refractivity contribution in [3.05, 3.63) is 71.3 Å². The highest BCUT2D eigenvalue weighted by Crippen LogP contribution is 2.16.